The molecule has 1 aliphatic rings. The molecular weight excluding hydrogens is 368 g/mol. The Morgan fingerprint density at radius 1 is 0.966 bits per heavy atom. The van der Waals surface area contributed by atoms with Gasteiger partial charge in [0.2, 0.25) is 0 Å². The van der Waals surface area contributed by atoms with Crippen molar-refractivity contribution in [2.45, 2.75) is 25.3 Å². The van der Waals surface area contributed by atoms with E-state index < -0.39 is 5.97 Å². The lowest BCUT2D eigenvalue weighted by Gasteiger charge is -2.35. The predicted molar refractivity (Wildman–Crippen MR) is 111 cm³/mol. The Bertz CT molecular complexity index is 829. The Labute approximate surface area is 171 Å². The van der Waals surface area contributed by atoms with Crippen molar-refractivity contribution in [2.24, 2.45) is 0 Å². The minimum absolute atomic E-state index is 0.0461. The van der Waals surface area contributed by atoms with E-state index in [4.69, 9.17) is 9.47 Å². The first-order valence-electron chi connectivity index (χ1n) is 9.97. The zero-order chi connectivity index (χ0) is 20.6. The monoisotopic (exact) mass is 396 g/mol. The second kappa shape index (κ2) is 10.1. The van der Waals surface area contributed by atoms with E-state index in [-0.39, 0.29) is 11.9 Å². The maximum atomic E-state index is 12.7. The van der Waals surface area contributed by atoms with Crippen LogP contribution in [0.3, 0.4) is 0 Å². The number of piperidine rings is 1. The largest absolute Gasteiger partial charge is 0.496 e. The van der Waals surface area contributed by atoms with Crippen molar-refractivity contribution in [2.75, 3.05) is 33.9 Å². The number of ether oxygens (including phenoxy) is 2. The van der Waals surface area contributed by atoms with Crippen molar-refractivity contribution in [3.05, 3.63) is 65.2 Å². The van der Waals surface area contributed by atoms with Crippen LogP contribution in [-0.2, 0) is 4.74 Å². The number of nitrogens with zero attached hydrogens (tertiary/aromatic N) is 1. The zero-order valence-electron chi connectivity index (χ0n) is 17.0. The lowest BCUT2D eigenvalue weighted by molar-refractivity contribution is 0.0600. The summed E-state index contributed by atoms with van der Waals surface area (Å²) in [7, 11) is 3.01. The number of nitrogens with one attached hydrogen (secondary N) is 1. The molecule has 3 rings (SSSR count). The highest BCUT2D eigenvalue weighted by Gasteiger charge is 2.25. The fraction of sp³-hybridized carbons (Fsp3) is 0.391. The van der Waals surface area contributed by atoms with Crippen molar-refractivity contribution >= 4 is 11.9 Å². The highest BCUT2D eigenvalue weighted by Crippen LogP contribution is 2.31. The van der Waals surface area contributed by atoms with E-state index in [2.05, 4.69) is 16.3 Å². The number of hydrogen-bond acceptors (Lipinski definition) is 5. The third kappa shape index (κ3) is 5.15. The van der Waals surface area contributed by atoms with E-state index in [1.165, 1.54) is 13.5 Å². The van der Waals surface area contributed by atoms with Gasteiger partial charge in [0, 0.05) is 17.7 Å². The normalized spacial score (nSPS) is 15.4. The fourth-order valence-electron chi connectivity index (χ4n) is 3.77. The Hall–Kier alpha value is -2.86. The highest BCUT2D eigenvalue weighted by molar-refractivity contribution is 5.96. The van der Waals surface area contributed by atoms with Gasteiger partial charge < -0.3 is 14.8 Å². The average molecular weight is 396 g/mol. The average Bonchev–Trinajstić information content (AvgIpc) is 2.79. The van der Waals surface area contributed by atoms with E-state index in [1.807, 2.05) is 18.2 Å². The third-order valence-electron chi connectivity index (χ3n) is 5.35. The molecule has 1 heterocycles. The number of hydrogen-bond donors (Lipinski definition) is 1. The van der Waals surface area contributed by atoms with E-state index >= 15 is 0 Å². The van der Waals surface area contributed by atoms with Crippen LogP contribution in [0.4, 0.5) is 0 Å². The van der Waals surface area contributed by atoms with Crippen molar-refractivity contribution in [3.63, 3.8) is 0 Å². The summed E-state index contributed by atoms with van der Waals surface area (Å²) in [5, 5.41) is 3.06. The summed E-state index contributed by atoms with van der Waals surface area (Å²) in [4.78, 5) is 26.7. The zero-order valence-corrected chi connectivity index (χ0v) is 17.0. The van der Waals surface area contributed by atoms with Crippen LogP contribution in [0, 0.1) is 0 Å². The van der Waals surface area contributed by atoms with Crippen LogP contribution in [0.5, 0.6) is 5.75 Å². The first-order valence-corrected chi connectivity index (χ1v) is 9.97. The number of carbonyl (C=O) groups is 2. The quantitative estimate of drug-likeness (QED) is 0.726. The van der Waals surface area contributed by atoms with Crippen molar-refractivity contribution in [3.8, 4) is 5.75 Å². The summed E-state index contributed by atoms with van der Waals surface area (Å²) < 4.78 is 10.3. The molecule has 1 N–H and O–H groups in total. The van der Waals surface area contributed by atoms with E-state index in [1.54, 1.807) is 31.4 Å². The summed E-state index contributed by atoms with van der Waals surface area (Å²) in [6.45, 7) is 2.50. The number of methoxy groups -OCH3 is 2. The van der Waals surface area contributed by atoms with Gasteiger partial charge in [-0.1, -0.05) is 24.6 Å². The van der Waals surface area contributed by atoms with E-state index in [0.717, 1.165) is 37.2 Å². The summed E-state index contributed by atoms with van der Waals surface area (Å²) in [6, 6.07) is 14.5. The summed E-state index contributed by atoms with van der Waals surface area (Å²) in [5.74, 6) is 0.247. The van der Waals surface area contributed by atoms with Crippen molar-refractivity contribution in [1.29, 1.82) is 0 Å². The van der Waals surface area contributed by atoms with Gasteiger partial charge in [-0.3, -0.25) is 9.69 Å². The van der Waals surface area contributed by atoms with Crippen LogP contribution in [0.2, 0.25) is 0 Å². The number of amides is 1. The van der Waals surface area contributed by atoms with Gasteiger partial charge in [-0.15, -0.1) is 0 Å². The molecule has 0 bridgehead atoms. The fourth-order valence-corrected chi connectivity index (χ4v) is 3.77. The first kappa shape index (κ1) is 20.9. The SMILES string of the molecule is COC(=O)c1ccc(C(=O)NCC(c2ccccc2OC)N2CCCCC2)cc1. The third-order valence-corrected chi connectivity index (χ3v) is 5.35. The van der Waals surface area contributed by atoms with Gasteiger partial charge >= 0.3 is 5.97 Å². The molecule has 0 saturated carbocycles. The number of benzene rings is 2. The molecule has 0 aliphatic carbocycles. The number of para-hydroxylation sites is 1. The van der Waals surface area contributed by atoms with Crippen LogP contribution in [0.15, 0.2) is 48.5 Å². The molecule has 0 radical (unpaired) electrons. The van der Waals surface area contributed by atoms with Gasteiger partial charge in [0.25, 0.3) is 5.91 Å². The molecule has 1 unspecified atom stereocenters. The van der Waals surface area contributed by atoms with Gasteiger partial charge in [0.05, 0.1) is 25.8 Å². The maximum absolute atomic E-state index is 12.7. The Morgan fingerprint density at radius 2 is 1.62 bits per heavy atom. The second-order valence-electron chi connectivity index (χ2n) is 7.13. The summed E-state index contributed by atoms with van der Waals surface area (Å²) in [6.07, 6.45) is 3.57. The lowest BCUT2D eigenvalue weighted by atomic mass is 10.0. The van der Waals surface area contributed by atoms with Gasteiger partial charge in [0.1, 0.15) is 5.75 Å². The maximum Gasteiger partial charge on any atom is 0.337 e. The molecule has 2 aromatic carbocycles. The number of likely N-dealkylation sites (tertiary alicyclic amines) is 1. The smallest absolute Gasteiger partial charge is 0.337 e. The van der Waals surface area contributed by atoms with Gasteiger partial charge in [-0.05, 0) is 56.3 Å². The minimum Gasteiger partial charge on any atom is -0.496 e. The Morgan fingerprint density at radius 3 is 2.28 bits per heavy atom. The molecule has 1 fully saturated rings. The molecule has 6 nitrogen and oxygen atoms in total. The Kier molecular flexibility index (Phi) is 7.25. The molecule has 1 aliphatic heterocycles. The van der Waals surface area contributed by atoms with Gasteiger partial charge in [0.15, 0.2) is 0 Å². The van der Waals surface area contributed by atoms with Gasteiger partial charge in [-0.25, -0.2) is 4.79 Å². The molecule has 6 heteroatoms. The van der Waals surface area contributed by atoms with Crippen LogP contribution in [0.25, 0.3) is 0 Å². The molecule has 0 aromatic heterocycles. The number of carbonyl (C=O) groups excluding carboxylic acids is 2. The van der Waals surface area contributed by atoms with Crippen LogP contribution < -0.4 is 10.1 Å². The topological polar surface area (TPSA) is 67.9 Å². The van der Waals surface area contributed by atoms with E-state index in [9.17, 15) is 9.59 Å². The van der Waals surface area contributed by atoms with Crippen LogP contribution >= 0.6 is 0 Å². The molecular formula is C23H28N2O4. The van der Waals surface area contributed by atoms with Crippen molar-refractivity contribution in [1.82, 2.24) is 10.2 Å². The number of esters is 1. The summed E-state index contributed by atoms with van der Waals surface area (Å²) >= 11 is 0. The highest BCUT2D eigenvalue weighted by atomic mass is 16.5. The Balaban J connectivity index is 1.74. The predicted octanol–water partition coefficient (Wildman–Crippen LogP) is 3.44. The summed E-state index contributed by atoms with van der Waals surface area (Å²) in [5.41, 5.74) is 2.01. The van der Waals surface area contributed by atoms with Gasteiger partial charge in [-0.2, -0.15) is 0 Å². The molecule has 1 saturated heterocycles. The molecule has 29 heavy (non-hydrogen) atoms. The molecule has 1 amide bonds. The van der Waals surface area contributed by atoms with Crippen LogP contribution in [0.1, 0.15) is 51.6 Å². The lowest BCUT2D eigenvalue weighted by Crippen LogP contribution is -2.40. The molecule has 1 atom stereocenters. The minimum atomic E-state index is -0.418. The molecule has 2 aromatic rings. The standard InChI is InChI=1S/C23H28N2O4/c1-28-21-9-5-4-8-19(21)20(25-14-6-3-7-15-25)16-24-22(26)17-10-12-18(13-11-17)23(27)29-2/h4-5,8-13,20H,3,6-7,14-16H2,1-2H3,(H,24,26). The van der Waals surface area contributed by atoms with Crippen LogP contribution in [-0.4, -0.2) is 50.6 Å². The first-order chi connectivity index (χ1) is 14.1. The van der Waals surface area contributed by atoms with E-state index in [0.29, 0.717) is 17.7 Å². The van der Waals surface area contributed by atoms with Crippen molar-refractivity contribution < 1.29 is 19.1 Å². The second-order valence-corrected chi connectivity index (χ2v) is 7.13. The number of rotatable bonds is 7. The molecule has 0 spiro atoms. The molecule has 154 valence electrons.